The summed E-state index contributed by atoms with van der Waals surface area (Å²) in [4.78, 5) is 0. The fourth-order valence-electron chi connectivity index (χ4n) is 3.23. The quantitative estimate of drug-likeness (QED) is 0.485. The molecule has 0 aliphatic carbocycles. The van der Waals surface area contributed by atoms with E-state index >= 15 is 0 Å². The summed E-state index contributed by atoms with van der Waals surface area (Å²) in [5.41, 5.74) is 1.98. The van der Waals surface area contributed by atoms with E-state index < -0.39 is 0 Å². The topological polar surface area (TPSA) is 42.7 Å². The number of hydrogen-bond donors (Lipinski definition) is 1. The molecule has 0 bridgehead atoms. The number of benzene rings is 4. The normalized spacial score (nSPS) is 11.1. The van der Waals surface area contributed by atoms with Crippen LogP contribution < -0.4 is 5.32 Å². The first-order chi connectivity index (χ1) is 12.9. The standard InChI is InChI=1S/C22H16N4/c1-3-7-18-13-20(11-9-16(18)5-1)24-22-15-23-25-26(22)21-12-10-17-6-2-4-8-19(17)14-21/h1-15,24H. The van der Waals surface area contributed by atoms with E-state index in [1.165, 1.54) is 21.5 Å². The molecule has 0 spiro atoms. The van der Waals surface area contributed by atoms with Crippen LogP contribution in [0, 0.1) is 0 Å². The fourth-order valence-corrected chi connectivity index (χ4v) is 3.23. The van der Waals surface area contributed by atoms with Crippen molar-refractivity contribution in [2.24, 2.45) is 0 Å². The van der Waals surface area contributed by atoms with E-state index in [4.69, 9.17) is 0 Å². The molecule has 0 fully saturated rings. The zero-order valence-corrected chi connectivity index (χ0v) is 14.0. The summed E-state index contributed by atoms with van der Waals surface area (Å²) in [7, 11) is 0. The molecule has 4 nitrogen and oxygen atoms in total. The van der Waals surface area contributed by atoms with Gasteiger partial charge in [0.05, 0.1) is 11.9 Å². The molecule has 0 saturated heterocycles. The second-order valence-electron chi connectivity index (χ2n) is 6.25. The van der Waals surface area contributed by atoms with Crippen molar-refractivity contribution in [1.29, 1.82) is 0 Å². The van der Waals surface area contributed by atoms with Crippen LogP contribution in [0.15, 0.2) is 91.1 Å². The molecule has 5 rings (SSSR count). The monoisotopic (exact) mass is 336 g/mol. The molecule has 0 amide bonds. The maximum Gasteiger partial charge on any atom is 0.154 e. The molecule has 0 aliphatic rings. The molecule has 1 aromatic heterocycles. The molecule has 0 radical (unpaired) electrons. The van der Waals surface area contributed by atoms with Crippen molar-refractivity contribution in [3.63, 3.8) is 0 Å². The minimum Gasteiger partial charge on any atom is -0.339 e. The lowest BCUT2D eigenvalue weighted by molar-refractivity contribution is 0.809. The van der Waals surface area contributed by atoms with Gasteiger partial charge in [0.25, 0.3) is 0 Å². The number of aromatic nitrogens is 3. The maximum atomic E-state index is 4.26. The van der Waals surface area contributed by atoms with Crippen molar-refractivity contribution in [2.75, 3.05) is 5.32 Å². The molecule has 4 aromatic carbocycles. The van der Waals surface area contributed by atoms with Crippen molar-refractivity contribution in [2.45, 2.75) is 0 Å². The van der Waals surface area contributed by atoms with Crippen molar-refractivity contribution in [3.8, 4) is 5.69 Å². The summed E-state index contributed by atoms with van der Waals surface area (Å²) >= 11 is 0. The van der Waals surface area contributed by atoms with Crippen LogP contribution in [0.25, 0.3) is 27.2 Å². The molecule has 1 heterocycles. The molecule has 0 saturated carbocycles. The van der Waals surface area contributed by atoms with Crippen molar-refractivity contribution in [3.05, 3.63) is 91.1 Å². The van der Waals surface area contributed by atoms with Gasteiger partial charge in [0.15, 0.2) is 5.82 Å². The third kappa shape index (κ3) is 2.58. The van der Waals surface area contributed by atoms with E-state index in [9.17, 15) is 0 Å². The Bertz CT molecular complexity index is 1220. The van der Waals surface area contributed by atoms with Gasteiger partial charge in [0, 0.05) is 5.69 Å². The molecular formula is C22H16N4. The molecule has 26 heavy (non-hydrogen) atoms. The van der Waals surface area contributed by atoms with Gasteiger partial charge in [-0.3, -0.25) is 0 Å². The van der Waals surface area contributed by atoms with Crippen molar-refractivity contribution >= 4 is 33.1 Å². The summed E-state index contributed by atoms with van der Waals surface area (Å²) in [6.45, 7) is 0. The second-order valence-corrected chi connectivity index (χ2v) is 6.25. The van der Waals surface area contributed by atoms with Crippen LogP contribution in [0.4, 0.5) is 11.5 Å². The number of fused-ring (bicyclic) bond motifs is 2. The SMILES string of the molecule is c1ccc2cc(Nc3cnnn3-c3ccc4ccccc4c3)ccc2c1. The largest absolute Gasteiger partial charge is 0.339 e. The first-order valence-electron chi connectivity index (χ1n) is 8.52. The second kappa shape index (κ2) is 6.01. The average Bonchev–Trinajstić information content (AvgIpc) is 3.15. The third-order valence-corrected chi connectivity index (χ3v) is 4.55. The smallest absolute Gasteiger partial charge is 0.154 e. The van der Waals surface area contributed by atoms with Gasteiger partial charge < -0.3 is 5.32 Å². The van der Waals surface area contributed by atoms with Crippen LogP contribution in [0.2, 0.25) is 0 Å². The van der Waals surface area contributed by atoms with E-state index in [2.05, 4.69) is 76.3 Å². The van der Waals surface area contributed by atoms with E-state index in [1.807, 2.05) is 28.9 Å². The Labute approximate surface area is 150 Å². The molecular weight excluding hydrogens is 320 g/mol. The Morgan fingerprint density at radius 3 is 2.08 bits per heavy atom. The lowest BCUT2D eigenvalue weighted by atomic mass is 10.1. The highest BCUT2D eigenvalue weighted by molar-refractivity contribution is 5.87. The molecule has 124 valence electrons. The van der Waals surface area contributed by atoms with Crippen LogP contribution in [-0.4, -0.2) is 15.0 Å². The third-order valence-electron chi connectivity index (χ3n) is 4.55. The van der Waals surface area contributed by atoms with E-state index in [1.54, 1.807) is 6.20 Å². The summed E-state index contributed by atoms with van der Waals surface area (Å²) in [6.07, 6.45) is 1.74. The fraction of sp³-hybridized carbons (Fsp3) is 0. The summed E-state index contributed by atoms with van der Waals surface area (Å²) < 4.78 is 1.82. The van der Waals surface area contributed by atoms with Crippen LogP contribution >= 0.6 is 0 Å². The molecule has 0 aliphatic heterocycles. The number of nitrogens with one attached hydrogen (secondary N) is 1. The first-order valence-corrected chi connectivity index (χ1v) is 8.52. The Balaban J connectivity index is 1.53. The Hall–Kier alpha value is -3.66. The number of hydrogen-bond acceptors (Lipinski definition) is 3. The van der Waals surface area contributed by atoms with Crippen LogP contribution in [0.5, 0.6) is 0 Å². The van der Waals surface area contributed by atoms with Gasteiger partial charge in [0.2, 0.25) is 0 Å². The summed E-state index contributed by atoms with van der Waals surface area (Å²) in [6, 6.07) is 29.2. The van der Waals surface area contributed by atoms with Crippen LogP contribution in [0.1, 0.15) is 0 Å². The number of anilines is 2. The van der Waals surface area contributed by atoms with Crippen LogP contribution in [-0.2, 0) is 0 Å². The molecule has 4 heteroatoms. The van der Waals surface area contributed by atoms with E-state index in [0.29, 0.717) is 0 Å². The zero-order valence-electron chi connectivity index (χ0n) is 14.0. The molecule has 0 unspecified atom stereocenters. The zero-order chi connectivity index (χ0) is 17.3. The van der Waals surface area contributed by atoms with Gasteiger partial charge in [-0.25, -0.2) is 0 Å². The highest BCUT2D eigenvalue weighted by atomic mass is 15.5. The summed E-state index contributed by atoms with van der Waals surface area (Å²) in [5.74, 6) is 0.829. The predicted molar refractivity (Wildman–Crippen MR) is 106 cm³/mol. The first kappa shape index (κ1) is 14.7. The number of nitrogens with zero attached hydrogens (tertiary/aromatic N) is 3. The van der Waals surface area contributed by atoms with Crippen LogP contribution in [0.3, 0.4) is 0 Å². The highest BCUT2D eigenvalue weighted by Gasteiger charge is 2.08. The van der Waals surface area contributed by atoms with Crippen molar-refractivity contribution in [1.82, 2.24) is 15.0 Å². The molecule has 5 aromatic rings. The van der Waals surface area contributed by atoms with Gasteiger partial charge in [-0.2, -0.15) is 4.68 Å². The van der Waals surface area contributed by atoms with Gasteiger partial charge in [0.1, 0.15) is 0 Å². The van der Waals surface area contributed by atoms with Gasteiger partial charge in [-0.1, -0.05) is 65.9 Å². The van der Waals surface area contributed by atoms with Gasteiger partial charge >= 0.3 is 0 Å². The lowest BCUT2D eigenvalue weighted by Crippen LogP contribution is -2.02. The Morgan fingerprint density at radius 2 is 1.31 bits per heavy atom. The van der Waals surface area contributed by atoms with Gasteiger partial charge in [-0.15, -0.1) is 5.10 Å². The van der Waals surface area contributed by atoms with E-state index in [0.717, 1.165) is 17.2 Å². The lowest BCUT2D eigenvalue weighted by Gasteiger charge is -2.10. The molecule has 1 N–H and O–H groups in total. The summed E-state index contributed by atoms with van der Waals surface area (Å²) in [5, 5.41) is 16.6. The minimum atomic E-state index is 0.829. The Kier molecular flexibility index (Phi) is 3.39. The van der Waals surface area contributed by atoms with Crippen molar-refractivity contribution < 1.29 is 0 Å². The predicted octanol–water partition coefficient (Wildman–Crippen LogP) is 5.32. The molecule has 0 atom stereocenters. The van der Waals surface area contributed by atoms with E-state index in [-0.39, 0.29) is 0 Å². The van der Waals surface area contributed by atoms with Gasteiger partial charge in [-0.05, 0) is 45.8 Å². The minimum absolute atomic E-state index is 0.829. The number of rotatable bonds is 3. The maximum absolute atomic E-state index is 4.26. The Morgan fingerprint density at radius 1 is 0.654 bits per heavy atom. The highest BCUT2D eigenvalue weighted by Crippen LogP contribution is 2.24. The average molecular weight is 336 g/mol.